The molecule has 1 aliphatic rings. The third kappa shape index (κ3) is 5.92. The number of anilines is 3. The zero-order chi connectivity index (χ0) is 23.2. The third-order valence-electron chi connectivity index (χ3n) is 6.33. The molecule has 1 saturated carbocycles. The summed E-state index contributed by atoms with van der Waals surface area (Å²) >= 11 is 0. The Hall–Kier alpha value is -3.35. The van der Waals surface area contributed by atoms with Crippen LogP contribution in [0.25, 0.3) is 10.9 Å². The van der Waals surface area contributed by atoms with Crippen molar-refractivity contribution < 1.29 is 4.79 Å². The number of carbonyl (C=O) groups excluding carboxylic acids is 1. The van der Waals surface area contributed by atoms with E-state index in [0.29, 0.717) is 24.5 Å². The largest absolute Gasteiger partial charge is 0.362 e. The normalized spacial score (nSPS) is 18.0. The second-order valence-electron chi connectivity index (χ2n) is 9.03. The number of benzene rings is 2. The molecule has 0 saturated heterocycles. The number of rotatable bonds is 7. The minimum atomic E-state index is -0.135. The van der Waals surface area contributed by atoms with Gasteiger partial charge >= 0.3 is 6.03 Å². The summed E-state index contributed by atoms with van der Waals surface area (Å²) in [6, 6.07) is 16.3. The van der Waals surface area contributed by atoms with Crippen LogP contribution in [0.4, 0.5) is 22.2 Å². The van der Waals surface area contributed by atoms with E-state index in [-0.39, 0.29) is 6.03 Å². The summed E-state index contributed by atoms with van der Waals surface area (Å²) in [6.07, 6.45) is 5.17. The molecule has 0 atom stereocenters. The van der Waals surface area contributed by atoms with Gasteiger partial charge in [0.25, 0.3) is 0 Å². The summed E-state index contributed by atoms with van der Waals surface area (Å²) in [7, 11) is 4.01. The molecule has 1 fully saturated rings. The van der Waals surface area contributed by atoms with Crippen LogP contribution in [0.5, 0.6) is 0 Å². The highest BCUT2D eigenvalue weighted by atomic mass is 16.2. The lowest BCUT2D eigenvalue weighted by Gasteiger charge is -2.29. The highest BCUT2D eigenvalue weighted by molar-refractivity contribution is 5.90. The van der Waals surface area contributed by atoms with E-state index < -0.39 is 0 Å². The maximum atomic E-state index is 12.3. The molecule has 0 radical (unpaired) electrons. The predicted molar refractivity (Wildman–Crippen MR) is 136 cm³/mol. The van der Waals surface area contributed by atoms with Crippen LogP contribution in [0.2, 0.25) is 0 Å². The van der Waals surface area contributed by atoms with Crippen molar-refractivity contribution in [3.63, 3.8) is 0 Å². The first-order valence-electron chi connectivity index (χ1n) is 11.9. The average molecular weight is 447 g/mol. The van der Waals surface area contributed by atoms with Crippen LogP contribution in [0.1, 0.15) is 38.2 Å². The second kappa shape index (κ2) is 10.5. The maximum absolute atomic E-state index is 12.3. The van der Waals surface area contributed by atoms with Gasteiger partial charge in [-0.1, -0.05) is 31.2 Å². The molecule has 2 aromatic carbocycles. The van der Waals surface area contributed by atoms with E-state index in [1.54, 1.807) is 0 Å². The molecule has 0 unspecified atom stereocenters. The minimum absolute atomic E-state index is 0.135. The number of urea groups is 1. The SMILES string of the molecule is CCc1cccc(NC(=O)NC[C@H]2CC[C@@H](Nc3nc(N(C)C)c4ccccc4n3)CC2)c1. The number of aromatic nitrogens is 2. The van der Waals surface area contributed by atoms with Gasteiger partial charge in [0.05, 0.1) is 5.52 Å². The van der Waals surface area contributed by atoms with Crippen molar-refractivity contribution in [1.29, 1.82) is 0 Å². The van der Waals surface area contributed by atoms with Gasteiger partial charge in [-0.15, -0.1) is 0 Å². The van der Waals surface area contributed by atoms with E-state index in [4.69, 9.17) is 9.97 Å². The number of hydrogen-bond acceptors (Lipinski definition) is 5. The highest BCUT2D eigenvalue weighted by Gasteiger charge is 2.22. The predicted octanol–water partition coefficient (Wildman–Crippen LogP) is 5.05. The van der Waals surface area contributed by atoms with E-state index in [1.807, 2.05) is 55.4 Å². The zero-order valence-electron chi connectivity index (χ0n) is 19.8. The standard InChI is InChI=1S/C26H34N6O/c1-4-18-8-7-9-21(16-18)29-26(33)27-17-19-12-14-20(15-13-19)28-25-30-23-11-6-5-10-22(23)24(31-25)32(2)3/h5-11,16,19-20H,4,12-15,17H2,1-3H3,(H2,27,29,33)(H,28,30,31)/t19-,20+. The van der Waals surface area contributed by atoms with Crippen molar-refractivity contribution in [3.8, 4) is 0 Å². The number of hydrogen-bond donors (Lipinski definition) is 3. The van der Waals surface area contributed by atoms with Crippen LogP contribution in [0.15, 0.2) is 48.5 Å². The molecule has 1 aromatic heterocycles. The molecule has 0 aliphatic heterocycles. The van der Waals surface area contributed by atoms with Crippen molar-refractivity contribution in [2.45, 2.75) is 45.1 Å². The molecule has 4 rings (SSSR count). The van der Waals surface area contributed by atoms with E-state index in [0.717, 1.165) is 54.5 Å². The Morgan fingerprint density at radius 1 is 1.03 bits per heavy atom. The zero-order valence-corrected chi connectivity index (χ0v) is 19.8. The lowest BCUT2D eigenvalue weighted by atomic mass is 9.86. The first-order chi connectivity index (χ1) is 16.0. The minimum Gasteiger partial charge on any atom is -0.362 e. The number of fused-ring (bicyclic) bond motifs is 1. The quantitative estimate of drug-likeness (QED) is 0.473. The molecule has 174 valence electrons. The van der Waals surface area contributed by atoms with Gasteiger partial charge in [0, 0.05) is 37.8 Å². The maximum Gasteiger partial charge on any atom is 0.319 e. The van der Waals surface area contributed by atoms with Gasteiger partial charge in [-0.3, -0.25) is 0 Å². The van der Waals surface area contributed by atoms with Gasteiger partial charge in [0.1, 0.15) is 5.82 Å². The molecular weight excluding hydrogens is 412 g/mol. The number of nitrogens with one attached hydrogen (secondary N) is 3. The van der Waals surface area contributed by atoms with E-state index in [1.165, 1.54) is 5.56 Å². The molecule has 0 spiro atoms. The van der Waals surface area contributed by atoms with E-state index in [9.17, 15) is 4.79 Å². The molecule has 7 heteroatoms. The Morgan fingerprint density at radius 2 is 1.82 bits per heavy atom. The Bertz CT molecular complexity index is 1090. The summed E-state index contributed by atoms with van der Waals surface area (Å²) in [4.78, 5) is 23.8. The van der Waals surface area contributed by atoms with Gasteiger partial charge in [0.2, 0.25) is 5.95 Å². The summed E-state index contributed by atoms with van der Waals surface area (Å²) in [5.41, 5.74) is 3.01. The first-order valence-corrected chi connectivity index (χ1v) is 11.9. The lowest BCUT2D eigenvalue weighted by molar-refractivity contribution is 0.246. The Labute approximate surface area is 196 Å². The fourth-order valence-electron chi connectivity index (χ4n) is 4.44. The van der Waals surface area contributed by atoms with E-state index in [2.05, 4.69) is 35.0 Å². The molecule has 1 heterocycles. The molecule has 1 aliphatic carbocycles. The van der Waals surface area contributed by atoms with Crippen LogP contribution in [-0.2, 0) is 6.42 Å². The molecule has 33 heavy (non-hydrogen) atoms. The topological polar surface area (TPSA) is 82.2 Å². The van der Waals surface area contributed by atoms with Crippen molar-refractivity contribution in [3.05, 3.63) is 54.1 Å². The Balaban J connectivity index is 1.26. The van der Waals surface area contributed by atoms with Crippen LogP contribution in [0, 0.1) is 5.92 Å². The van der Waals surface area contributed by atoms with E-state index >= 15 is 0 Å². The monoisotopic (exact) mass is 446 g/mol. The summed E-state index contributed by atoms with van der Waals surface area (Å²) in [5.74, 6) is 2.11. The number of para-hydroxylation sites is 1. The van der Waals surface area contributed by atoms with Gasteiger partial charge < -0.3 is 20.9 Å². The third-order valence-corrected chi connectivity index (χ3v) is 6.33. The van der Waals surface area contributed by atoms with Crippen LogP contribution >= 0.6 is 0 Å². The van der Waals surface area contributed by atoms with Crippen molar-refractivity contribution >= 4 is 34.4 Å². The van der Waals surface area contributed by atoms with Crippen LogP contribution < -0.4 is 20.9 Å². The molecule has 7 nitrogen and oxygen atoms in total. The molecular formula is C26H34N6O. The van der Waals surface area contributed by atoms with Gasteiger partial charge in [0.15, 0.2) is 0 Å². The number of nitrogens with zero attached hydrogens (tertiary/aromatic N) is 3. The summed E-state index contributed by atoms with van der Waals surface area (Å²) < 4.78 is 0. The summed E-state index contributed by atoms with van der Waals surface area (Å²) in [6.45, 7) is 2.81. The van der Waals surface area contributed by atoms with Gasteiger partial charge in [-0.2, -0.15) is 4.98 Å². The number of amides is 2. The first kappa shape index (κ1) is 22.8. The second-order valence-corrected chi connectivity index (χ2v) is 9.03. The molecule has 2 amide bonds. The van der Waals surface area contributed by atoms with Crippen LogP contribution in [-0.4, -0.2) is 42.7 Å². The fraction of sp³-hybridized carbons (Fsp3) is 0.423. The lowest BCUT2D eigenvalue weighted by Crippen LogP contribution is -2.36. The Kier molecular flexibility index (Phi) is 7.27. The molecule has 0 bridgehead atoms. The fourth-order valence-corrected chi connectivity index (χ4v) is 4.44. The summed E-state index contributed by atoms with van der Waals surface area (Å²) in [5, 5.41) is 10.6. The average Bonchev–Trinajstić information content (AvgIpc) is 2.83. The van der Waals surface area contributed by atoms with Crippen molar-refractivity contribution in [2.75, 3.05) is 36.2 Å². The number of carbonyl (C=O) groups is 1. The van der Waals surface area contributed by atoms with Crippen molar-refractivity contribution in [2.24, 2.45) is 5.92 Å². The highest BCUT2D eigenvalue weighted by Crippen LogP contribution is 2.28. The molecule has 3 aromatic rings. The smallest absolute Gasteiger partial charge is 0.319 e. The van der Waals surface area contributed by atoms with Gasteiger partial charge in [-0.05, 0) is 67.9 Å². The Morgan fingerprint density at radius 3 is 2.58 bits per heavy atom. The van der Waals surface area contributed by atoms with Crippen LogP contribution in [0.3, 0.4) is 0 Å². The number of aryl methyl sites for hydroxylation is 1. The van der Waals surface area contributed by atoms with Gasteiger partial charge in [-0.25, -0.2) is 9.78 Å². The van der Waals surface area contributed by atoms with Crippen molar-refractivity contribution in [1.82, 2.24) is 15.3 Å². The molecule has 3 N–H and O–H groups in total.